The standard InChI is InChI=1S/C29H25ClN6O4/c1-17-32-24-12-22(25-15-34-9-2-8-31-28(34)33-25)26(40-21-7-10-35-20(11-21)16-39-29(35)38)13-23(24)27(37)36(17)14-18-3-5-19(30)6-4-18/h2-6,8-9,12-13,15,20-21H,7,10-11,14,16H2,1H3/t20-,21-/m0/s1. The van der Waals surface area contributed by atoms with Crippen LogP contribution in [0.4, 0.5) is 4.79 Å². The lowest BCUT2D eigenvalue weighted by Gasteiger charge is -2.33. The summed E-state index contributed by atoms with van der Waals surface area (Å²) in [5.41, 5.74) is 2.74. The predicted molar refractivity (Wildman–Crippen MR) is 149 cm³/mol. The number of fused-ring (bicyclic) bond motifs is 3. The molecule has 2 aliphatic rings. The van der Waals surface area contributed by atoms with Gasteiger partial charge in [0.2, 0.25) is 5.78 Å². The van der Waals surface area contributed by atoms with E-state index in [0.717, 1.165) is 11.1 Å². The predicted octanol–water partition coefficient (Wildman–Crippen LogP) is 4.48. The van der Waals surface area contributed by atoms with Gasteiger partial charge in [0.05, 0.1) is 29.2 Å². The number of hydrogen-bond donors (Lipinski definition) is 0. The van der Waals surface area contributed by atoms with Crippen molar-refractivity contribution in [3.8, 4) is 17.0 Å². The molecule has 202 valence electrons. The highest BCUT2D eigenvalue weighted by atomic mass is 35.5. The minimum absolute atomic E-state index is 0.0181. The molecule has 0 bridgehead atoms. The van der Waals surface area contributed by atoms with Gasteiger partial charge in [0.15, 0.2) is 0 Å². The van der Waals surface area contributed by atoms with Crippen LogP contribution in [0.25, 0.3) is 27.9 Å². The van der Waals surface area contributed by atoms with Gasteiger partial charge in [0.25, 0.3) is 5.56 Å². The lowest BCUT2D eigenvalue weighted by molar-refractivity contribution is 0.0941. The molecule has 5 aromatic rings. The number of carbonyl (C=O) groups is 1. The number of hydrogen-bond acceptors (Lipinski definition) is 7. The van der Waals surface area contributed by atoms with Gasteiger partial charge in [-0.2, -0.15) is 0 Å². The molecule has 0 radical (unpaired) electrons. The Morgan fingerprint density at radius 1 is 1.15 bits per heavy atom. The van der Waals surface area contributed by atoms with Crippen molar-refractivity contribution in [3.05, 3.63) is 87.8 Å². The Labute approximate surface area is 233 Å². The maximum Gasteiger partial charge on any atom is 0.410 e. The van der Waals surface area contributed by atoms with Crippen LogP contribution in [0.2, 0.25) is 5.02 Å². The summed E-state index contributed by atoms with van der Waals surface area (Å²) >= 11 is 6.05. The van der Waals surface area contributed by atoms with E-state index in [4.69, 9.17) is 31.0 Å². The van der Waals surface area contributed by atoms with E-state index in [0.29, 0.717) is 71.5 Å². The number of cyclic esters (lactones) is 1. The van der Waals surface area contributed by atoms with E-state index < -0.39 is 0 Å². The van der Waals surface area contributed by atoms with Crippen LogP contribution >= 0.6 is 11.6 Å². The molecule has 5 heterocycles. The lowest BCUT2D eigenvalue weighted by atomic mass is 10.0. The fraction of sp³-hybridized carbons (Fsp3) is 0.276. The number of benzene rings is 2. The number of carbonyl (C=O) groups excluding carboxylic acids is 1. The van der Waals surface area contributed by atoms with Gasteiger partial charge in [0, 0.05) is 48.6 Å². The number of ether oxygens (including phenoxy) is 2. The van der Waals surface area contributed by atoms with Gasteiger partial charge >= 0.3 is 6.09 Å². The highest BCUT2D eigenvalue weighted by Crippen LogP contribution is 2.35. The summed E-state index contributed by atoms with van der Waals surface area (Å²) in [6.07, 6.45) is 6.33. The minimum atomic E-state index is -0.269. The van der Waals surface area contributed by atoms with Crippen molar-refractivity contribution >= 4 is 34.4 Å². The molecule has 2 aliphatic heterocycles. The SMILES string of the molecule is Cc1nc2cc(-c3cn4cccnc4n3)c(O[C@H]3CCN4C(=O)OC[C@@H]4C3)cc2c(=O)n1Cc1ccc(Cl)cc1. The summed E-state index contributed by atoms with van der Waals surface area (Å²) in [5.74, 6) is 1.70. The third-order valence-electron chi connectivity index (χ3n) is 7.61. The van der Waals surface area contributed by atoms with Crippen LogP contribution in [0.5, 0.6) is 5.75 Å². The minimum Gasteiger partial charge on any atom is -0.490 e. The van der Waals surface area contributed by atoms with Gasteiger partial charge in [0.1, 0.15) is 24.3 Å². The lowest BCUT2D eigenvalue weighted by Crippen LogP contribution is -2.44. The van der Waals surface area contributed by atoms with Gasteiger partial charge in [-0.05, 0) is 42.8 Å². The fourth-order valence-electron chi connectivity index (χ4n) is 5.52. The average molecular weight is 557 g/mol. The van der Waals surface area contributed by atoms with E-state index in [9.17, 15) is 9.59 Å². The van der Waals surface area contributed by atoms with Gasteiger partial charge in [-0.3, -0.25) is 13.8 Å². The van der Waals surface area contributed by atoms with Crippen molar-refractivity contribution in [1.29, 1.82) is 0 Å². The van der Waals surface area contributed by atoms with Crippen LogP contribution in [-0.4, -0.2) is 60.2 Å². The summed E-state index contributed by atoms with van der Waals surface area (Å²) in [6, 6.07) is 12.9. The molecular weight excluding hydrogens is 532 g/mol. The first-order valence-electron chi connectivity index (χ1n) is 13.1. The zero-order chi connectivity index (χ0) is 27.4. The molecular formula is C29H25ClN6O4. The summed E-state index contributed by atoms with van der Waals surface area (Å²) < 4.78 is 15.3. The third kappa shape index (κ3) is 4.34. The van der Waals surface area contributed by atoms with Crippen LogP contribution in [0.1, 0.15) is 24.2 Å². The number of aryl methyl sites for hydroxylation is 1. The van der Waals surface area contributed by atoms with Crippen LogP contribution in [0, 0.1) is 6.92 Å². The molecule has 40 heavy (non-hydrogen) atoms. The number of nitrogens with zero attached hydrogens (tertiary/aromatic N) is 6. The van der Waals surface area contributed by atoms with Crippen molar-refractivity contribution in [3.63, 3.8) is 0 Å². The first-order chi connectivity index (χ1) is 19.4. The zero-order valence-corrected chi connectivity index (χ0v) is 22.4. The van der Waals surface area contributed by atoms with Crippen LogP contribution < -0.4 is 10.3 Å². The second-order valence-electron chi connectivity index (χ2n) is 10.2. The second-order valence-corrected chi connectivity index (χ2v) is 10.6. The van der Waals surface area contributed by atoms with Crippen molar-refractivity contribution in [2.24, 2.45) is 0 Å². The van der Waals surface area contributed by atoms with Crippen LogP contribution in [-0.2, 0) is 11.3 Å². The van der Waals surface area contributed by atoms with Crippen LogP contribution in [0.3, 0.4) is 0 Å². The number of imidazole rings is 1. The second kappa shape index (κ2) is 9.63. The van der Waals surface area contributed by atoms with E-state index in [1.165, 1.54) is 0 Å². The summed E-state index contributed by atoms with van der Waals surface area (Å²) in [5, 5.41) is 1.09. The monoisotopic (exact) mass is 556 g/mol. The number of halogens is 1. The topological polar surface area (TPSA) is 104 Å². The quantitative estimate of drug-likeness (QED) is 0.314. The molecule has 1 amide bonds. The number of aromatic nitrogens is 5. The number of amides is 1. The molecule has 2 fully saturated rings. The highest BCUT2D eigenvalue weighted by molar-refractivity contribution is 6.30. The molecule has 2 aromatic carbocycles. The van der Waals surface area contributed by atoms with Gasteiger partial charge in [-0.1, -0.05) is 23.7 Å². The molecule has 2 atom stereocenters. The fourth-order valence-corrected chi connectivity index (χ4v) is 5.65. The number of piperidine rings is 1. The Kier molecular flexibility index (Phi) is 5.92. The molecule has 0 unspecified atom stereocenters. The van der Waals surface area contributed by atoms with Crippen molar-refractivity contribution in [1.82, 2.24) is 28.8 Å². The van der Waals surface area contributed by atoms with Gasteiger partial charge < -0.3 is 14.4 Å². The zero-order valence-electron chi connectivity index (χ0n) is 21.7. The van der Waals surface area contributed by atoms with Crippen molar-refractivity contribution in [2.75, 3.05) is 13.2 Å². The molecule has 2 saturated heterocycles. The van der Waals surface area contributed by atoms with E-state index in [-0.39, 0.29) is 23.8 Å². The Bertz CT molecular complexity index is 1800. The first-order valence-corrected chi connectivity index (χ1v) is 13.5. The Hall–Kier alpha value is -4.44. The van der Waals surface area contributed by atoms with Gasteiger partial charge in [-0.15, -0.1) is 0 Å². The maximum atomic E-state index is 13.8. The molecule has 3 aromatic heterocycles. The molecule has 0 saturated carbocycles. The summed E-state index contributed by atoms with van der Waals surface area (Å²) in [4.78, 5) is 41.4. The summed E-state index contributed by atoms with van der Waals surface area (Å²) in [7, 11) is 0. The van der Waals surface area contributed by atoms with Crippen LogP contribution in [0.15, 0.2) is 65.8 Å². The molecule has 7 rings (SSSR count). The maximum absolute atomic E-state index is 13.8. The Morgan fingerprint density at radius 3 is 2.83 bits per heavy atom. The van der Waals surface area contributed by atoms with Gasteiger partial charge in [-0.25, -0.2) is 19.7 Å². The molecule has 0 spiro atoms. The smallest absolute Gasteiger partial charge is 0.410 e. The largest absolute Gasteiger partial charge is 0.490 e. The van der Waals surface area contributed by atoms with Crippen molar-refractivity contribution < 1.29 is 14.3 Å². The van der Waals surface area contributed by atoms with E-state index in [1.807, 2.05) is 60.1 Å². The average Bonchev–Trinajstić information content (AvgIpc) is 3.55. The van der Waals surface area contributed by atoms with E-state index in [1.54, 1.807) is 21.7 Å². The van der Waals surface area contributed by atoms with Crippen molar-refractivity contribution in [2.45, 2.75) is 38.5 Å². The normalized spacial score (nSPS) is 18.8. The number of rotatable bonds is 5. The Morgan fingerprint density at radius 2 is 2.00 bits per heavy atom. The Balaban J connectivity index is 1.32. The molecule has 10 nitrogen and oxygen atoms in total. The third-order valence-corrected chi connectivity index (χ3v) is 7.86. The summed E-state index contributed by atoms with van der Waals surface area (Å²) in [6.45, 7) is 3.12. The molecule has 0 aliphatic carbocycles. The van der Waals surface area contributed by atoms with E-state index in [2.05, 4.69) is 4.98 Å². The van der Waals surface area contributed by atoms with E-state index >= 15 is 0 Å². The molecule has 11 heteroatoms. The highest BCUT2D eigenvalue weighted by Gasteiger charge is 2.39. The molecule has 0 N–H and O–H groups in total. The first kappa shape index (κ1) is 24.6.